The molecule has 3 aromatic rings. The Hall–Kier alpha value is -2.67. The summed E-state index contributed by atoms with van der Waals surface area (Å²) >= 11 is 0. The largest absolute Gasteiger partial charge is 0.488 e. The Labute approximate surface area is 171 Å². The Morgan fingerprint density at radius 3 is 2.86 bits per heavy atom. The van der Waals surface area contributed by atoms with E-state index in [1.807, 2.05) is 12.1 Å². The van der Waals surface area contributed by atoms with Crippen molar-refractivity contribution in [1.29, 1.82) is 0 Å². The topological polar surface area (TPSA) is 70.2 Å². The Morgan fingerprint density at radius 1 is 1.21 bits per heavy atom. The van der Waals surface area contributed by atoms with Crippen LogP contribution in [-0.4, -0.2) is 63.4 Å². The van der Waals surface area contributed by atoms with E-state index in [1.165, 1.54) is 0 Å². The Morgan fingerprint density at radius 2 is 2.07 bits per heavy atom. The van der Waals surface area contributed by atoms with E-state index in [-0.39, 0.29) is 5.60 Å². The number of benzene rings is 1. The van der Waals surface area contributed by atoms with Crippen molar-refractivity contribution in [3.8, 4) is 17.1 Å². The monoisotopic (exact) mass is 392 g/mol. The predicted octanol–water partition coefficient (Wildman–Crippen LogP) is 3.48. The lowest BCUT2D eigenvalue weighted by Crippen LogP contribution is -2.51. The van der Waals surface area contributed by atoms with E-state index in [2.05, 4.69) is 63.0 Å². The molecule has 0 radical (unpaired) electrons. The number of aromatic amines is 1. The van der Waals surface area contributed by atoms with Crippen molar-refractivity contribution in [1.82, 2.24) is 25.1 Å². The van der Waals surface area contributed by atoms with Crippen molar-refractivity contribution in [2.24, 2.45) is 0 Å². The van der Waals surface area contributed by atoms with E-state index >= 15 is 0 Å². The third kappa shape index (κ3) is 3.55. The number of aromatic nitrogens is 4. The molecule has 3 heterocycles. The highest BCUT2D eigenvalue weighted by Gasteiger charge is 2.40. The fourth-order valence-corrected chi connectivity index (χ4v) is 4.06. The number of hydrogen-bond acceptors (Lipinski definition) is 6. The van der Waals surface area contributed by atoms with Crippen LogP contribution in [0, 0.1) is 0 Å². The molecule has 5 rings (SSSR count). The van der Waals surface area contributed by atoms with Gasteiger partial charge in [0, 0.05) is 37.1 Å². The highest BCUT2D eigenvalue weighted by molar-refractivity contribution is 5.93. The van der Waals surface area contributed by atoms with Crippen LogP contribution < -0.4 is 9.64 Å². The average Bonchev–Trinajstić information content (AvgIpc) is 3.31. The molecule has 1 saturated heterocycles. The summed E-state index contributed by atoms with van der Waals surface area (Å²) in [5, 5.41) is 8.71. The molecule has 0 spiro atoms. The quantitative estimate of drug-likeness (QED) is 0.717. The van der Waals surface area contributed by atoms with Crippen LogP contribution in [0.1, 0.15) is 33.1 Å². The smallest absolute Gasteiger partial charge is 0.132 e. The number of anilines is 1. The molecule has 1 saturated carbocycles. The van der Waals surface area contributed by atoms with E-state index in [4.69, 9.17) is 4.74 Å². The second-order valence-corrected chi connectivity index (χ2v) is 8.58. The lowest BCUT2D eigenvalue weighted by atomic mass is 10.1. The van der Waals surface area contributed by atoms with Gasteiger partial charge in [-0.2, -0.15) is 5.10 Å². The van der Waals surface area contributed by atoms with E-state index in [9.17, 15) is 0 Å². The molecule has 0 bridgehead atoms. The summed E-state index contributed by atoms with van der Waals surface area (Å²) in [4.78, 5) is 13.9. The van der Waals surface area contributed by atoms with Crippen LogP contribution in [0.3, 0.4) is 0 Å². The molecule has 29 heavy (non-hydrogen) atoms. The summed E-state index contributed by atoms with van der Waals surface area (Å²) in [7, 11) is 2.20. The van der Waals surface area contributed by atoms with E-state index in [0.29, 0.717) is 6.04 Å². The highest BCUT2D eigenvalue weighted by atomic mass is 16.5. The van der Waals surface area contributed by atoms with Crippen molar-refractivity contribution in [2.45, 2.75) is 44.8 Å². The molecule has 1 aliphatic heterocycles. The van der Waals surface area contributed by atoms with Gasteiger partial charge in [-0.15, -0.1) is 0 Å². The van der Waals surface area contributed by atoms with Gasteiger partial charge in [0.25, 0.3) is 0 Å². The summed E-state index contributed by atoms with van der Waals surface area (Å²) in [5.41, 5.74) is 2.66. The number of ether oxygens (including phenoxy) is 1. The lowest BCUT2D eigenvalue weighted by molar-refractivity contribution is 0.200. The summed E-state index contributed by atoms with van der Waals surface area (Å²) in [6.45, 7) is 7.41. The van der Waals surface area contributed by atoms with E-state index in [1.54, 1.807) is 6.33 Å². The van der Waals surface area contributed by atoms with Crippen LogP contribution in [0.25, 0.3) is 22.3 Å². The average molecular weight is 393 g/mol. The van der Waals surface area contributed by atoms with Crippen LogP contribution in [0.5, 0.6) is 5.75 Å². The number of rotatable bonds is 5. The minimum Gasteiger partial charge on any atom is -0.488 e. The zero-order valence-electron chi connectivity index (χ0n) is 17.4. The Kier molecular flexibility index (Phi) is 4.42. The molecule has 152 valence electrons. The number of hydrogen-bond donors (Lipinski definition) is 1. The Balaban J connectivity index is 1.46. The number of likely N-dealkylation sites (N-methyl/N-ethyl adjacent to an activating group) is 1. The molecule has 1 atom stereocenters. The second kappa shape index (κ2) is 6.99. The third-order valence-electron chi connectivity index (χ3n) is 6.32. The van der Waals surface area contributed by atoms with Crippen molar-refractivity contribution < 1.29 is 4.74 Å². The molecule has 1 aliphatic carbocycles. The first kappa shape index (κ1) is 18.4. The standard InChI is InChI=1S/C22H28N6O/c1-4-15-13-28(10-9-27(15)3)20-12-19(23-14-24-20)21-17-11-16(29-22(2)7-8-22)5-6-18(17)25-26-21/h5-6,11-12,14-15H,4,7-10,13H2,1-3H3,(H,25,26). The zero-order valence-corrected chi connectivity index (χ0v) is 17.4. The molecule has 7 nitrogen and oxygen atoms in total. The van der Waals surface area contributed by atoms with Crippen LogP contribution in [0.15, 0.2) is 30.6 Å². The molecule has 1 aromatic carbocycles. The Bertz CT molecular complexity index is 1030. The zero-order chi connectivity index (χ0) is 20.0. The van der Waals surface area contributed by atoms with Gasteiger partial charge < -0.3 is 9.64 Å². The van der Waals surface area contributed by atoms with Gasteiger partial charge in [-0.25, -0.2) is 9.97 Å². The number of piperazine rings is 1. The van der Waals surface area contributed by atoms with Crippen LogP contribution in [-0.2, 0) is 0 Å². The fourth-order valence-electron chi connectivity index (χ4n) is 4.06. The normalized spacial score (nSPS) is 21.5. The molecule has 2 aromatic heterocycles. The first-order chi connectivity index (χ1) is 14.0. The van der Waals surface area contributed by atoms with Crippen molar-refractivity contribution in [3.05, 3.63) is 30.6 Å². The molecule has 2 aliphatic rings. The molecule has 0 amide bonds. The summed E-state index contributed by atoms with van der Waals surface area (Å²) in [6.07, 6.45) is 5.01. The minimum absolute atomic E-state index is 0.00307. The SMILES string of the molecule is CCC1CN(c2cc(-c3n[nH]c4ccc(OC5(C)CC5)cc34)ncn2)CCN1C. The summed E-state index contributed by atoms with van der Waals surface area (Å²) in [5.74, 6) is 1.86. The number of H-pyrrole nitrogens is 1. The van der Waals surface area contributed by atoms with E-state index in [0.717, 1.165) is 72.8 Å². The number of nitrogens with one attached hydrogen (secondary N) is 1. The van der Waals surface area contributed by atoms with E-state index < -0.39 is 0 Å². The van der Waals surface area contributed by atoms with Gasteiger partial charge in [0.05, 0.1) is 11.2 Å². The molecular weight excluding hydrogens is 364 g/mol. The minimum atomic E-state index is -0.00307. The van der Waals surface area contributed by atoms with Gasteiger partial charge >= 0.3 is 0 Å². The van der Waals surface area contributed by atoms with Gasteiger partial charge in [-0.05, 0) is 51.4 Å². The van der Waals surface area contributed by atoms with Gasteiger partial charge in [0.1, 0.15) is 29.2 Å². The molecular formula is C22H28N6O. The fraction of sp³-hybridized carbons (Fsp3) is 0.500. The molecule has 2 fully saturated rings. The summed E-state index contributed by atoms with van der Waals surface area (Å²) < 4.78 is 6.15. The number of fused-ring (bicyclic) bond motifs is 1. The van der Waals surface area contributed by atoms with Crippen molar-refractivity contribution in [3.63, 3.8) is 0 Å². The predicted molar refractivity (Wildman–Crippen MR) is 114 cm³/mol. The third-order valence-corrected chi connectivity index (χ3v) is 6.32. The van der Waals surface area contributed by atoms with Crippen molar-refractivity contribution in [2.75, 3.05) is 31.6 Å². The number of nitrogens with zero attached hydrogens (tertiary/aromatic N) is 5. The first-order valence-corrected chi connectivity index (χ1v) is 10.5. The van der Waals surface area contributed by atoms with Crippen LogP contribution >= 0.6 is 0 Å². The summed E-state index contributed by atoms with van der Waals surface area (Å²) in [6, 6.07) is 8.72. The van der Waals surface area contributed by atoms with Gasteiger partial charge in [0.2, 0.25) is 0 Å². The van der Waals surface area contributed by atoms with Gasteiger partial charge in [-0.1, -0.05) is 6.92 Å². The maximum absolute atomic E-state index is 6.15. The van der Waals surface area contributed by atoms with Crippen LogP contribution in [0.4, 0.5) is 5.82 Å². The van der Waals surface area contributed by atoms with Crippen molar-refractivity contribution >= 4 is 16.7 Å². The highest BCUT2D eigenvalue weighted by Crippen LogP contribution is 2.40. The van der Waals surface area contributed by atoms with Gasteiger partial charge in [0.15, 0.2) is 0 Å². The maximum Gasteiger partial charge on any atom is 0.132 e. The lowest BCUT2D eigenvalue weighted by Gasteiger charge is -2.39. The maximum atomic E-state index is 6.15. The molecule has 1 unspecified atom stereocenters. The molecule has 1 N–H and O–H groups in total. The first-order valence-electron chi connectivity index (χ1n) is 10.5. The second-order valence-electron chi connectivity index (χ2n) is 8.58. The molecule has 7 heteroatoms. The van der Waals surface area contributed by atoms with Gasteiger partial charge in [-0.3, -0.25) is 10.00 Å². The van der Waals surface area contributed by atoms with Crippen LogP contribution in [0.2, 0.25) is 0 Å².